The van der Waals surface area contributed by atoms with Crippen LogP contribution in [-0.4, -0.2) is 84.2 Å². The second-order valence-electron chi connectivity index (χ2n) is 12.9. The highest BCUT2D eigenvalue weighted by Crippen LogP contribution is 2.39. The van der Waals surface area contributed by atoms with Crippen LogP contribution in [0, 0.1) is 17.1 Å². The zero-order chi connectivity index (χ0) is 35.2. The third kappa shape index (κ3) is 10.7. The van der Waals surface area contributed by atoms with Gasteiger partial charge in [-0.3, -0.25) is 9.69 Å². The van der Waals surface area contributed by atoms with Crippen LogP contribution in [0.25, 0.3) is 0 Å². The highest BCUT2D eigenvalue weighted by atomic mass is 127. The predicted octanol–water partition coefficient (Wildman–Crippen LogP) is 8.33. The van der Waals surface area contributed by atoms with Gasteiger partial charge in [-0.15, -0.1) is 0 Å². The lowest BCUT2D eigenvalue weighted by Crippen LogP contribution is -2.56. The number of piperidine rings is 2. The third-order valence-electron chi connectivity index (χ3n) is 8.73. The minimum Gasteiger partial charge on any atom is -0.460 e. The van der Waals surface area contributed by atoms with Crippen molar-refractivity contribution in [2.45, 2.75) is 103 Å². The van der Waals surface area contributed by atoms with Crippen molar-refractivity contribution in [2.24, 2.45) is 5.92 Å². The third-order valence-corrected chi connectivity index (χ3v) is 9.57. The van der Waals surface area contributed by atoms with Crippen molar-refractivity contribution in [1.29, 1.82) is 0 Å². The molecule has 264 valence electrons. The van der Waals surface area contributed by atoms with Gasteiger partial charge in [0.25, 0.3) is 6.10 Å². The lowest BCUT2D eigenvalue weighted by Gasteiger charge is -2.48. The lowest BCUT2D eigenvalue weighted by atomic mass is 9.82. The molecule has 2 aliphatic heterocycles. The molecule has 0 bridgehead atoms. The standard InChI is InChI=1S/C32H42F6IN3O4S/c1-6-30(13-17-41(18-14-30)28(44)45-27(31(33,34)35)32(36,37)38)42(7-2)21-24-9-8-22(12-19-47-39)20-25(24)40-15-10-23(11-16-40)26(43)46-29(3,4)5/h8-9,20,23,27H,6-7,10-11,13-18,21H2,1-5H3. The molecule has 0 aromatic heterocycles. The van der Waals surface area contributed by atoms with Crippen LogP contribution in [0.5, 0.6) is 0 Å². The molecule has 2 saturated heterocycles. The van der Waals surface area contributed by atoms with Crippen LogP contribution in [0.4, 0.5) is 36.8 Å². The van der Waals surface area contributed by atoms with E-state index in [1.165, 1.54) is 8.93 Å². The zero-order valence-corrected chi connectivity index (χ0v) is 30.2. The second-order valence-corrected chi connectivity index (χ2v) is 14.5. The van der Waals surface area contributed by atoms with E-state index in [2.05, 4.69) is 46.9 Å². The van der Waals surface area contributed by atoms with Gasteiger partial charge in [0.1, 0.15) is 5.60 Å². The highest BCUT2D eigenvalue weighted by molar-refractivity contribution is 14.2. The maximum absolute atomic E-state index is 13.0. The Labute approximate surface area is 289 Å². The Bertz CT molecular complexity index is 1280. The van der Waals surface area contributed by atoms with Gasteiger partial charge in [0, 0.05) is 70.7 Å². The Morgan fingerprint density at radius 2 is 1.64 bits per heavy atom. The largest absolute Gasteiger partial charge is 0.460 e. The molecule has 7 nitrogen and oxygen atoms in total. The molecular weight excluding hydrogens is 763 g/mol. The summed E-state index contributed by atoms with van der Waals surface area (Å²) in [6.07, 6.45) is -14.7. The number of nitrogens with zero attached hydrogens (tertiary/aromatic N) is 3. The van der Waals surface area contributed by atoms with Crippen molar-refractivity contribution < 1.29 is 45.4 Å². The lowest BCUT2D eigenvalue weighted by molar-refractivity contribution is -0.308. The molecule has 1 aromatic carbocycles. The van der Waals surface area contributed by atoms with Crippen LogP contribution in [-0.2, 0) is 20.8 Å². The predicted molar refractivity (Wildman–Crippen MR) is 178 cm³/mol. The quantitative estimate of drug-likeness (QED) is 0.113. The van der Waals surface area contributed by atoms with Crippen molar-refractivity contribution >= 4 is 47.9 Å². The first-order valence-corrected chi connectivity index (χ1v) is 18.9. The van der Waals surface area contributed by atoms with E-state index < -0.39 is 35.7 Å². The van der Waals surface area contributed by atoms with Crippen LogP contribution >= 0.6 is 30.1 Å². The van der Waals surface area contributed by atoms with Gasteiger partial charge in [0.05, 0.1) is 5.92 Å². The number of carbonyl (C=O) groups excluding carboxylic acids is 2. The average molecular weight is 806 g/mol. The van der Waals surface area contributed by atoms with Crippen LogP contribution in [0.2, 0.25) is 0 Å². The fourth-order valence-electron chi connectivity index (χ4n) is 6.20. The van der Waals surface area contributed by atoms with Gasteiger partial charge in [-0.25, -0.2) is 4.79 Å². The summed E-state index contributed by atoms with van der Waals surface area (Å²) >= 11 is 2.11. The minimum atomic E-state index is -5.77. The van der Waals surface area contributed by atoms with Crippen molar-refractivity contribution in [1.82, 2.24) is 9.80 Å². The Morgan fingerprint density at radius 1 is 1.04 bits per heavy atom. The van der Waals surface area contributed by atoms with E-state index in [1.807, 2.05) is 52.8 Å². The van der Waals surface area contributed by atoms with E-state index >= 15 is 0 Å². The highest BCUT2D eigenvalue weighted by Gasteiger charge is 2.60. The molecule has 0 N–H and O–H groups in total. The van der Waals surface area contributed by atoms with Crippen LogP contribution in [0.15, 0.2) is 18.2 Å². The minimum absolute atomic E-state index is 0.0425. The van der Waals surface area contributed by atoms with Gasteiger partial charge in [-0.1, -0.05) is 25.8 Å². The Morgan fingerprint density at radius 3 is 2.13 bits per heavy atom. The summed E-state index contributed by atoms with van der Waals surface area (Å²) in [4.78, 5) is 30.6. The molecule has 2 fully saturated rings. The number of ether oxygens (including phenoxy) is 2. The van der Waals surface area contributed by atoms with Crippen LogP contribution in [0.3, 0.4) is 0 Å². The van der Waals surface area contributed by atoms with Crippen molar-refractivity contribution in [3.8, 4) is 11.2 Å². The smallest absolute Gasteiger partial charge is 0.434 e. The topological polar surface area (TPSA) is 62.3 Å². The van der Waals surface area contributed by atoms with E-state index in [-0.39, 0.29) is 25.0 Å². The molecule has 0 atom stereocenters. The summed E-state index contributed by atoms with van der Waals surface area (Å²) in [7, 11) is 1.38. The van der Waals surface area contributed by atoms with Gasteiger partial charge < -0.3 is 19.3 Å². The zero-order valence-electron chi connectivity index (χ0n) is 27.2. The number of carbonyl (C=O) groups is 2. The molecule has 47 heavy (non-hydrogen) atoms. The van der Waals surface area contributed by atoms with E-state index in [9.17, 15) is 35.9 Å². The number of alkyl halides is 6. The number of likely N-dealkylation sites (tertiary alicyclic amines) is 1. The molecule has 0 saturated carbocycles. The molecule has 2 aliphatic rings. The average Bonchev–Trinajstić information content (AvgIpc) is 2.99. The SMILES string of the molecule is CCN(Cc1ccc(C#CSI)cc1N1CCC(C(=O)OC(C)(C)C)CC1)C1(CC)CCN(C(=O)OC(C(F)(F)F)C(F)(F)F)CC1. The second kappa shape index (κ2) is 16.1. The molecule has 0 radical (unpaired) electrons. The van der Waals surface area contributed by atoms with Crippen molar-refractivity contribution in [3.63, 3.8) is 0 Å². The number of hydrogen-bond acceptors (Lipinski definition) is 7. The summed E-state index contributed by atoms with van der Waals surface area (Å²) in [5, 5.41) is 3.01. The fourth-order valence-corrected chi connectivity index (χ4v) is 6.69. The first-order chi connectivity index (χ1) is 21.8. The molecule has 15 heteroatoms. The first-order valence-electron chi connectivity index (χ1n) is 15.6. The van der Waals surface area contributed by atoms with E-state index in [0.717, 1.165) is 21.7 Å². The summed E-state index contributed by atoms with van der Waals surface area (Å²) in [6.45, 7) is 11.9. The number of halogens is 7. The van der Waals surface area contributed by atoms with Crippen molar-refractivity contribution in [2.75, 3.05) is 37.6 Å². The van der Waals surface area contributed by atoms with Gasteiger partial charge in [0.2, 0.25) is 0 Å². The Balaban J connectivity index is 1.79. The van der Waals surface area contributed by atoms with Gasteiger partial charge in [-0.2, -0.15) is 26.3 Å². The Kier molecular flexibility index (Phi) is 13.5. The maximum atomic E-state index is 13.0. The number of benzene rings is 1. The van der Waals surface area contributed by atoms with Gasteiger partial charge >= 0.3 is 24.4 Å². The molecule has 1 amide bonds. The van der Waals surface area contributed by atoms with Crippen LogP contribution in [0.1, 0.15) is 77.8 Å². The normalized spacial score (nSPS) is 17.8. The van der Waals surface area contributed by atoms with E-state index in [1.54, 1.807) is 0 Å². The molecular formula is C32H42F6IN3O4S. The molecule has 0 unspecified atom stereocenters. The number of hydrogen-bond donors (Lipinski definition) is 0. The van der Waals surface area contributed by atoms with Crippen molar-refractivity contribution in [3.05, 3.63) is 29.3 Å². The van der Waals surface area contributed by atoms with Crippen LogP contribution < -0.4 is 4.90 Å². The summed E-state index contributed by atoms with van der Waals surface area (Å²) in [5.74, 6) is 2.77. The number of rotatable bonds is 8. The monoisotopic (exact) mass is 805 g/mol. The Hall–Kier alpha value is -2.06. The molecule has 0 spiro atoms. The summed E-state index contributed by atoms with van der Waals surface area (Å²) in [5.41, 5.74) is 1.86. The molecule has 0 aliphatic carbocycles. The number of anilines is 1. The molecule has 1 aromatic rings. The maximum Gasteiger partial charge on any atom is 0.434 e. The number of amides is 1. The first kappa shape index (κ1) is 39.4. The molecule has 3 rings (SSSR count). The van der Waals surface area contributed by atoms with E-state index in [0.29, 0.717) is 58.3 Å². The number of esters is 1. The van der Waals surface area contributed by atoms with Gasteiger partial charge in [-0.05, 0) is 91.3 Å². The summed E-state index contributed by atoms with van der Waals surface area (Å²) in [6, 6.07) is 6.03. The van der Waals surface area contributed by atoms with E-state index in [4.69, 9.17) is 4.74 Å². The molecule has 2 heterocycles. The fraction of sp³-hybridized carbons (Fsp3) is 0.688. The summed E-state index contributed by atoms with van der Waals surface area (Å²) < 4.78 is 87.5. The van der Waals surface area contributed by atoms with Gasteiger partial charge in [0.15, 0.2) is 0 Å².